The van der Waals surface area contributed by atoms with E-state index in [4.69, 9.17) is 0 Å². The minimum Gasteiger partial charge on any atom is -0.545 e. The molecule has 0 N–H and O–H groups in total. The summed E-state index contributed by atoms with van der Waals surface area (Å²) in [7, 11) is 0. The molecule has 0 saturated heterocycles. The fraction of sp³-hybridized carbons (Fsp3) is 0. The molecule has 0 aliphatic heterocycles. The fourth-order valence-electron chi connectivity index (χ4n) is 2.30. The molecule has 8 nitrogen and oxygen atoms in total. The molecule has 4 rings (SSSR count). The van der Waals surface area contributed by atoms with Gasteiger partial charge in [-0.25, -0.2) is 0 Å². The molecule has 0 aliphatic carbocycles. The average Bonchev–Trinajstić information content (AvgIpc) is 2.92. The summed E-state index contributed by atoms with van der Waals surface area (Å²) >= 11 is 0. The third-order valence-electron chi connectivity index (χ3n) is 4.04. The van der Waals surface area contributed by atoms with Gasteiger partial charge in [0.05, 0.1) is 23.9 Å². The Labute approximate surface area is 232 Å². The molecule has 0 atom stereocenters. The van der Waals surface area contributed by atoms with E-state index in [1.54, 1.807) is 72.8 Å². The summed E-state index contributed by atoms with van der Waals surface area (Å²) < 4.78 is 0. The molecular weight excluding hydrogens is 673 g/mol. The molecule has 0 bridgehead atoms. The van der Waals surface area contributed by atoms with Gasteiger partial charge in [0.2, 0.25) is 0 Å². The predicted molar refractivity (Wildman–Crippen MR) is 129 cm³/mol. The van der Waals surface area contributed by atoms with Crippen molar-refractivity contribution in [1.29, 1.82) is 0 Å². The Balaban J connectivity index is 0.000000463. The van der Waals surface area contributed by atoms with Gasteiger partial charge in [-0.3, -0.25) is 0 Å². The van der Waals surface area contributed by atoms with Crippen LogP contribution in [0, 0.1) is 0 Å². The molecule has 0 saturated carbocycles. The molecule has 3 radical (unpaired) electrons. The molecule has 0 aliphatic rings. The number of carbonyl (C=O) groups excluding carboxylic acids is 4. The third-order valence-corrected chi connectivity index (χ3v) is 4.04. The van der Waals surface area contributed by atoms with Crippen molar-refractivity contribution in [3.63, 3.8) is 0 Å². The van der Waals surface area contributed by atoms with E-state index in [0.29, 0.717) is 0 Å². The third kappa shape index (κ3) is 14.6. The number of carboxylic acids is 4. The number of aromatic carboxylic acids is 4. The zero-order valence-corrected chi connectivity index (χ0v) is 22.7. The van der Waals surface area contributed by atoms with E-state index >= 15 is 0 Å². The zero-order valence-electron chi connectivity index (χ0n) is 19.3. The summed E-state index contributed by atoms with van der Waals surface area (Å²) in [6.45, 7) is 0. The summed E-state index contributed by atoms with van der Waals surface area (Å²) in [6, 6.07) is 32.3. The molecule has 37 heavy (non-hydrogen) atoms. The van der Waals surface area contributed by atoms with Crippen molar-refractivity contribution in [2.75, 3.05) is 0 Å². The van der Waals surface area contributed by atoms with Crippen LogP contribution in [0.4, 0.5) is 0 Å². The standard InChI is InChI=1S/4C7H6O2.Bi/c4*8-7(9)6-4-2-1-3-5-6;/h4*1-5H,(H,8,9);/p-4. The molecule has 189 valence electrons. The van der Waals surface area contributed by atoms with Crippen LogP contribution in [-0.4, -0.2) is 50.1 Å². The second-order valence-electron chi connectivity index (χ2n) is 6.61. The quantitative estimate of drug-likeness (QED) is 0.266. The van der Waals surface area contributed by atoms with Crippen LogP contribution in [0.5, 0.6) is 0 Å². The molecule has 0 unspecified atom stereocenters. The van der Waals surface area contributed by atoms with Crippen LogP contribution in [-0.2, 0) is 0 Å². The maximum absolute atomic E-state index is 10.1. The summed E-state index contributed by atoms with van der Waals surface area (Å²) in [6.07, 6.45) is 0. The monoisotopic (exact) mass is 693 g/mol. The molecule has 0 spiro atoms. The van der Waals surface area contributed by atoms with Gasteiger partial charge >= 0.3 is 0 Å². The van der Waals surface area contributed by atoms with Gasteiger partial charge in [0.15, 0.2) is 0 Å². The van der Waals surface area contributed by atoms with Crippen LogP contribution >= 0.6 is 0 Å². The molecule has 9 heteroatoms. The Morgan fingerprint density at radius 1 is 0.324 bits per heavy atom. The second-order valence-corrected chi connectivity index (χ2v) is 6.61. The summed E-state index contributed by atoms with van der Waals surface area (Å²) in [5.74, 6) is -4.52. The van der Waals surface area contributed by atoms with Crippen LogP contribution in [0.3, 0.4) is 0 Å². The first kappa shape index (κ1) is 32.6. The first-order chi connectivity index (χ1) is 17.2. The number of hydrogen-bond donors (Lipinski definition) is 0. The van der Waals surface area contributed by atoms with E-state index in [0.717, 1.165) is 0 Å². The topological polar surface area (TPSA) is 161 Å². The second kappa shape index (κ2) is 18.9. The van der Waals surface area contributed by atoms with Gasteiger partial charge in [0.1, 0.15) is 0 Å². The van der Waals surface area contributed by atoms with Gasteiger partial charge in [0, 0.05) is 26.2 Å². The minimum atomic E-state index is -1.13. The molecule has 0 amide bonds. The van der Waals surface area contributed by atoms with Crippen LogP contribution in [0.15, 0.2) is 121 Å². The summed E-state index contributed by atoms with van der Waals surface area (Å²) in [5, 5.41) is 40.4. The van der Waals surface area contributed by atoms with Gasteiger partial charge in [-0.15, -0.1) is 0 Å². The van der Waals surface area contributed by atoms with Gasteiger partial charge in [-0.05, 0) is 22.3 Å². The van der Waals surface area contributed by atoms with Crippen molar-refractivity contribution in [3.05, 3.63) is 144 Å². The van der Waals surface area contributed by atoms with Crippen molar-refractivity contribution in [2.45, 2.75) is 0 Å². The van der Waals surface area contributed by atoms with Crippen molar-refractivity contribution in [2.24, 2.45) is 0 Å². The maximum atomic E-state index is 10.1. The first-order valence-electron chi connectivity index (χ1n) is 10.3. The molecule has 0 heterocycles. The fourth-order valence-corrected chi connectivity index (χ4v) is 2.30. The van der Waals surface area contributed by atoms with Gasteiger partial charge < -0.3 is 39.6 Å². The number of hydrogen-bond acceptors (Lipinski definition) is 8. The van der Waals surface area contributed by atoms with Gasteiger partial charge in [0.25, 0.3) is 0 Å². The van der Waals surface area contributed by atoms with E-state index in [2.05, 4.69) is 0 Å². The average molecular weight is 693 g/mol. The van der Waals surface area contributed by atoms with Crippen LogP contribution < -0.4 is 20.4 Å². The van der Waals surface area contributed by atoms with Crippen molar-refractivity contribution < 1.29 is 39.6 Å². The van der Waals surface area contributed by atoms with Crippen molar-refractivity contribution in [3.8, 4) is 0 Å². The summed E-state index contributed by atoms with van der Waals surface area (Å²) in [5.41, 5.74) is 0.880. The smallest absolute Gasteiger partial charge is 0.0715 e. The van der Waals surface area contributed by atoms with Crippen molar-refractivity contribution in [1.82, 2.24) is 0 Å². The normalized spacial score (nSPS) is 8.65. The Kier molecular flexibility index (Phi) is 16.7. The molecular formula is C28H20BiO8-4. The van der Waals surface area contributed by atoms with E-state index < -0.39 is 23.9 Å². The van der Waals surface area contributed by atoms with E-state index in [9.17, 15) is 39.6 Å². The molecule has 0 fully saturated rings. The molecule has 4 aromatic rings. The number of benzene rings is 4. The van der Waals surface area contributed by atoms with Crippen LogP contribution in [0.2, 0.25) is 0 Å². The SMILES string of the molecule is O=C([O-])c1ccccc1.O=C([O-])c1ccccc1.O=C([O-])c1ccccc1.O=C([O-])c1ccccc1.[Bi]. The van der Waals surface area contributed by atoms with Crippen molar-refractivity contribution >= 4 is 50.1 Å². The summed E-state index contributed by atoms with van der Waals surface area (Å²) in [4.78, 5) is 40.4. The van der Waals surface area contributed by atoms with Crippen LogP contribution in [0.1, 0.15) is 41.4 Å². The Morgan fingerprint density at radius 2 is 0.459 bits per heavy atom. The van der Waals surface area contributed by atoms with E-state index in [-0.39, 0.29) is 48.5 Å². The Hall–Kier alpha value is -4.36. The van der Waals surface area contributed by atoms with E-state index in [1.165, 1.54) is 48.5 Å². The largest absolute Gasteiger partial charge is 0.545 e. The number of carbonyl (C=O) groups is 4. The minimum absolute atomic E-state index is 0. The molecule has 4 aromatic carbocycles. The van der Waals surface area contributed by atoms with Gasteiger partial charge in [-0.1, -0.05) is 121 Å². The predicted octanol–water partition coefficient (Wildman–Crippen LogP) is -0.180. The maximum Gasteiger partial charge on any atom is 0.0715 e. The van der Waals surface area contributed by atoms with Gasteiger partial charge in [-0.2, -0.15) is 0 Å². The molecule has 0 aromatic heterocycles. The number of carboxylic acid groups (broad SMARTS) is 4. The Bertz CT molecular complexity index is 1020. The Morgan fingerprint density at radius 3 is 0.541 bits per heavy atom. The van der Waals surface area contributed by atoms with E-state index in [1.807, 2.05) is 0 Å². The number of rotatable bonds is 4. The zero-order chi connectivity index (χ0) is 26.8. The first-order valence-corrected chi connectivity index (χ1v) is 10.3. The van der Waals surface area contributed by atoms with Crippen LogP contribution in [0.25, 0.3) is 0 Å².